The van der Waals surface area contributed by atoms with Crippen LogP contribution in [0.1, 0.15) is 12.7 Å². The van der Waals surface area contributed by atoms with Gasteiger partial charge in [-0.1, -0.05) is 53.2 Å². The lowest BCUT2D eigenvalue weighted by Gasteiger charge is -2.09. The van der Waals surface area contributed by atoms with E-state index in [-0.39, 0.29) is 0 Å². The summed E-state index contributed by atoms with van der Waals surface area (Å²) in [6.07, 6.45) is 0.854. The molecule has 3 rings (SSSR count). The van der Waals surface area contributed by atoms with Crippen molar-refractivity contribution in [3.05, 3.63) is 64.8 Å². The van der Waals surface area contributed by atoms with Gasteiger partial charge < -0.3 is 9.15 Å². The Labute approximate surface area is 138 Å². The predicted octanol–water partition coefficient (Wildman–Crippen LogP) is 5.95. The van der Waals surface area contributed by atoms with Crippen LogP contribution in [-0.2, 0) is 6.42 Å². The largest absolute Gasteiger partial charge is 0.496 e. The summed E-state index contributed by atoms with van der Waals surface area (Å²) in [7, 11) is 1.68. The number of halogens is 1. The van der Waals surface area contributed by atoms with Gasteiger partial charge in [0.15, 0.2) is 0 Å². The summed E-state index contributed by atoms with van der Waals surface area (Å²) < 4.78 is 12.6. The van der Waals surface area contributed by atoms with Gasteiger partial charge in [0.2, 0.25) is 0 Å². The molecule has 0 aliphatic carbocycles. The Hall–Kier alpha value is -2.00. The predicted molar refractivity (Wildman–Crippen MR) is 93.2 cm³/mol. The Morgan fingerprint density at radius 2 is 1.64 bits per heavy atom. The molecule has 1 aromatic heterocycles. The SMILES string of the molecule is CCc1cc(-c2ccccc2Br)c(-c2ccccc2OC)o1. The second kappa shape index (κ2) is 6.41. The first-order valence-electron chi connectivity index (χ1n) is 7.25. The van der Waals surface area contributed by atoms with Crippen LogP contribution in [-0.4, -0.2) is 7.11 Å². The third-order valence-corrected chi connectivity index (χ3v) is 4.34. The molecule has 0 N–H and O–H groups in total. The number of aryl methyl sites for hydroxylation is 1. The molecule has 0 saturated carbocycles. The summed E-state index contributed by atoms with van der Waals surface area (Å²) in [6, 6.07) is 18.2. The zero-order valence-electron chi connectivity index (χ0n) is 12.6. The summed E-state index contributed by atoms with van der Waals surface area (Å²) in [4.78, 5) is 0. The highest BCUT2D eigenvalue weighted by molar-refractivity contribution is 9.10. The van der Waals surface area contributed by atoms with E-state index in [1.807, 2.05) is 42.5 Å². The number of para-hydroxylation sites is 1. The Kier molecular flexibility index (Phi) is 4.34. The molecule has 2 nitrogen and oxygen atoms in total. The van der Waals surface area contributed by atoms with Crippen LogP contribution < -0.4 is 4.74 Å². The second-order valence-corrected chi connectivity index (χ2v) is 5.84. The van der Waals surface area contributed by atoms with Crippen molar-refractivity contribution in [1.29, 1.82) is 0 Å². The van der Waals surface area contributed by atoms with Gasteiger partial charge in [0.25, 0.3) is 0 Å². The summed E-state index contributed by atoms with van der Waals surface area (Å²) in [5.74, 6) is 2.63. The Morgan fingerprint density at radius 3 is 2.32 bits per heavy atom. The third-order valence-electron chi connectivity index (χ3n) is 3.65. The van der Waals surface area contributed by atoms with Crippen LogP contribution in [0.5, 0.6) is 5.75 Å². The van der Waals surface area contributed by atoms with Gasteiger partial charge in [0, 0.05) is 16.5 Å². The molecule has 22 heavy (non-hydrogen) atoms. The Morgan fingerprint density at radius 1 is 0.955 bits per heavy atom. The van der Waals surface area contributed by atoms with E-state index in [9.17, 15) is 0 Å². The van der Waals surface area contributed by atoms with Crippen molar-refractivity contribution in [2.75, 3.05) is 7.11 Å². The van der Waals surface area contributed by atoms with Crippen LogP contribution in [0.25, 0.3) is 22.5 Å². The highest BCUT2D eigenvalue weighted by Gasteiger charge is 2.18. The quantitative estimate of drug-likeness (QED) is 0.576. The number of hydrogen-bond acceptors (Lipinski definition) is 2. The van der Waals surface area contributed by atoms with E-state index in [1.165, 1.54) is 0 Å². The average Bonchev–Trinajstić information content (AvgIpc) is 2.99. The Balaban J connectivity index is 2.24. The fourth-order valence-corrected chi connectivity index (χ4v) is 3.03. The fraction of sp³-hybridized carbons (Fsp3) is 0.158. The normalized spacial score (nSPS) is 10.7. The van der Waals surface area contributed by atoms with Crippen molar-refractivity contribution in [1.82, 2.24) is 0 Å². The molecule has 0 amide bonds. The summed E-state index contributed by atoms with van der Waals surface area (Å²) in [5, 5.41) is 0. The summed E-state index contributed by atoms with van der Waals surface area (Å²) in [5.41, 5.74) is 3.16. The molecule has 0 radical (unpaired) electrons. The number of benzene rings is 2. The molecule has 0 bridgehead atoms. The summed E-state index contributed by atoms with van der Waals surface area (Å²) in [6.45, 7) is 2.09. The zero-order chi connectivity index (χ0) is 15.5. The molecular formula is C19H17BrO2. The van der Waals surface area contributed by atoms with E-state index in [2.05, 4.69) is 35.0 Å². The van der Waals surface area contributed by atoms with Crippen LogP contribution in [0.4, 0.5) is 0 Å². The smallest absolute Gasteiger partial charge is 0.145 e. The van der Waals surface area contributed by atoms with E-state index in [4.69, 9.17) is 9.15 Å². The van der Waals surface area contributed by atoms with Crippen molar-refractivity contribution in [2.24, 2.45) is 0 Å². The molecular weight excluding hydrogens is 340 g/mol. The maximum absolute atomic E-state index is 6.10. The van der Waals surface area contributed by atoms with Crippen molar-refractivity contribution in [2.45, 2.75) is 13.3 Å². The number of rotatable bonds is 4. The first-order chi connectivity index (χ1) is 10.7. The van der Waals surface area contributed by atoms with Crippen LogP contribution in [0, 0.1) is 0 Å². The van der Waals surface area contributed by atoms with E-state index in [0.29, 0.717) is 0 Å². The molecule has 3 aromatic rings. The van der Waals surface area contributed by atoms with Crippen molar-refractivity contribution >= 4 is 15.9 Å². The molecule has 112 valence electrons. The van der Waals surface area contributed by atoms with Crippen molar-refractivity contribution in [3.63, 3.8) is 0 Å². The standard InChI is InChI=1S/C19H17BrO2/c1-3-13-12-16(14-8-4-6-10-17(14)20)19(22-13)15-9-5-7-11-18(15)21-2/h4-12H,3H2,1-2H3. The van der Waals surface area contributed by atoms with Gasteiger partial charge in [-0.15, -0.1) is 0 Å². The van der Waals surface area contributed by atoms with Gasteiger partial charge in [0.05, 0.1) is 12.7 Å². The molecule has 0 aliphatic rings. The van der Waals surface area contributed by atoms with Gasteiger partial charge >= 0.3 is 0 Å². The second-order valence-electron chi connectivity index (χ2n) is 4.99. The number of methoxy groups -OCH3 is 1. The van der Waals surface area contributed by atoms with E-state index in [1.54, 1.807) is 7.11 Å². The van der Waals surface area contributed by atoms with Gasteiger partial charge in [-0.3, -0.25) is 0 Å². The maximum atomic E-state index is 6.10. The molecule has 0 aliphatic heterocycles. The van der Waals surface area contributed by atoms with Crippen LogP contribution in [0.3, 0.4) is 0 Å². The molecule has 0 fully saturated rings. The van der Waals surface area contributed by atoms with Crippen LogP contribution in [0.15, 0.2) is 63.5 Å². The topological polar surface area (TPSA) is 22.4 Å². The number of ether oxygens (including phenoxy) is 1. The van der Waals surface area contributed by atoms with Gasteiger partial charge in [-0.05, 0) is 29.8 Å². The highest BCUT2D eigenvalue weighted by atomic mass is 79.9. The molecule has 0 atom stereocenters. The summed E-state index contributed by atoms with van der Waals surface area (Å²) >= 11 is 3.63. The zero-order valence-corrected chi connectivity index (χ0v) is 14.2. The van der Waals surface area contributed by atoms with Crippen molar-refractivity contribution < 1.29 is 9.15 Å². The minimum absolute atomic E-state index is 0.813. The minimum Gasteiger partial charge on any atom is -0.496 e. The lowest BCUT2D eigenvalue weighted by molar-refractivity contribution is 0.414. The Bertz CT molecular complexity index is 790. The third kappa shape index (κ3) is 2.69. The number of furan rings is 1. The number of hydrogen-bond donors (Lipinski definition) is 0. The maximum Gasteiger partial charge on any atom is 0.145 e. The minimum atomic E-state index is 0.813. The van der Waals surface area contributed by atoms with Gasteiger partial charge in [-0.25, -0.2) is 0 Å². The van der Waals surface area contributed by atoms with Gasteiger partial charge in [-0.2, -0.15) is 0 Å². The molecule has 2 aromatic carbocycles. The van der Waals surface area contributed by atoms with E-state index < -0.39 is 0 Å². The van der Waals surface area contributed by atoms with Gasteiger partial charge in [0.1, 0.15) is 17.3 Å². The highest BCUT2D eigenvalue weighted by Crippen LogP contribution is 2.41. The lowest BCUT2D eigenvalue weighted by Crippen LogP contribution is -1.88. The molecule has 3 heteroatoms. The molecule has 0 spiro atoms. The van der Waals surface area contributed by atoms with Crippen molar-refractivity contribution in [3.8, 4) is 28.2 Å². The van der Waals surface area contributed by atoms with Crippen LogP contribution in [0.2, 0.25) is 0 Å². The van der Waals surface area contributed by atoms with Crippen LogP contribution >= 0.6 is 15.9 Å². The first kappa shape index (κ1) is 14.9. The lowest BCUT2D eigenvalue weighted by atomic mass is 10.0. The monoisotopic (exact) mass is 356 g/mol. The molecule has 0 saturated heterocycles. The fourth-order valence-electron chi connectivity index (χ4n) is 2.53. The molecule has 1 heterocycles. The molecule has 0 unspecified atom stereocenters. The van der Waals surface area contributed by atoms with E-state index in [0.717, 1.165) is 44.9 Å². The first-order valence-corrected chi connectivity index (χ1v) is 8.05. The van der Waals surface area contributed by atoms with E-state index >= 15 is 0 Å². The average molecular weight is 357 g/mol.